The third-order valence-corrected chi connectivity index (χ3v) is 8.46. The second kappa shape index (κ2) is 8.86. The third-order valence-electron chi connectivity index (χ3n) is 8.46. The number of fused-ring (bicyclic) bond motifs is 6. The van der Waals surface area contributed by atoms with E-state index in [1.54, 1.807) is 45.0 Å². The number of amides is 2. The number of ketones is 1. The van der Waals surface area contributed by atoms with Crippen LogP contribution in [0.4, 0.5) is 5.69 Å². The number of hydrogen-bond acceptors (Lipinski definition) is 6. The number of Topliss-reactive ketones (excluding diaryl/α,β-unsaturated/α-hetero) is 1. The number of para-hydroxylation sites is 1. The number of carbonyl (C=O) groups excluding carboxylic acids is 4. The fourth-order valence-electron chi connectivity index (χ4n) is 6.36. The van der Waals surface area contributed by atoms with Crippen LogP contribution in [0.5, 0.6) is 0 Å². The van der Waals surface area contributed by atoms with Gasteiger partial charge < -0.3 is 4.74 Å². The molecule has 1 saturated heterocycles. The SMILES string of the molecule is CC(C)(C)C(=O)COC(=O)c1cc(-c2ccc(N3C(=O)[C@@H]4[C@H]5CC[C@@H](C5)[C@H]4C3=O)cc2)nc2ccccc12. The van der Waals surface area contributed by atoms with E-state index in [9.17, 15) is 19.2 Å². The van der Waals surface area contributed by atoms with E-state index < -0.39 is 11.4 Å². The number of anilines is 1. The molecule has 1 aliphatic heterocycles. The maximum Gasteiger partial charge on any atom is 0.339 e. The summed E-state index contributed by atoms with van der Waals surface area (Å²) in [4.78, 5) is 57.8. The van der Waals surface area contributed by atoms with Gasteiger partial charge in [0.1, 0.15) is 0 Å². The van der Waals surface area contributed by atoms with Crippen molar-refractivity contribution >= 4 is 40.2 Å². The molecule has 2 bridgehead atoms. The summed E-state index contributed by atoms with van der Waals surface area (Å²) in [7, 11) is 0. The van der Waals surface area contributed by atoms with Crippen LogP contribution in [0.2, 0.25) is 0 Å². The summed E-state index contributed by atoms with van der Waals surface area (Å²) in [5.74, 6) is -0.550. The predicted molar refractivity (Wildman–Crippen MR) is 142 cm³/mol. The molecule has 0 radical (unpaired) electrons. The lowest BCUT2D eigenvalue weighted by Gasteiger charge is -2.19. The number of aromatic nitrogens is 1. The van der Waals surface area contributed by atoms with Gasteiger partial charge in [-0.25, -0.2) is 9.78 Å². The minimum atomic E-state index is -0.607. The molecule has 194 valence electrons. The molecule has 38 heavy (non-hydrogen) atoms. The molecule has 3 fully saturated rings. The molecule has 0 unspecified atom stereocenters. The standard InChI is InChI=1S/C31H30N2O5/c1-31(2,3)25(34)16-38-30(37)22-15-24(32-23-7-5-4-6-21(22)23)17-10-12-20(13-11-17)33-28(35)26-18-8-9-19(14-18)27(26)29(33)36/h4-7,10-13,15,18-19,26-27H,8-9,14,16H2,1-3H3/t18-,19-,26+,27+/m0/s1. The van der Waals surface area contributed by atoms with Gasteiger partial charge in [0.15, 0.2) is 12.4 Å². The van der Waals surface area contributed by atoms with Gasteiger partial charge in [0, 0.05) is 16.4 Å². The van der Waals surface area contributed by atoms with Crippen molar-refractivity contribution in [3.05, 3.63) is 60.2 Å². The summed E-state index contributed by atoms with van der Waals surface area (Å²) in [6.07, 6.45) is 3.09. The summed E-state index contributed by atoms with van der Waals surface area (Å²) in [5.41, 5.74) is 2.20. The third kappa shape index (κ3) is 3.92. The Morgan fingerprint density at radius 3 is 2.21 bits per heavy atom. The highest BCUT2D eigenvalue weighted by Crippen LogP contribution is 2.56. The van der Waals surface area contributed by atoms with E-state index in [4.69, 9.17) is 9.72 Å². The van der Waals surface area contributed by atoms with E-state index >= 15 is 0 Å². The second-order valence-corrected chi connectivity index (χ2v) is 11.8. The van der Waals surface area contributed by atoms with Gasteiger partial charge in [-0.2, -0.15) is 0 Å². The van der Waals surface area contributed by atoms with Crippen LogP contribution in [-0.4, -0.2) is 35.2 Å². The largest absolute Gasteiger partial charge is 0.454 e. The Kier molecular flexibility index (Phi) is 5.70. The van der Waals surface area contributed by atoms with Crippen LogP contribution in [0.25, 0.3) is 22.2 Å². The molecular formula is C31H30N2O5. The monoisotopic (exact) mass is 510 g/mol. The lowest BCUT2D eigenvalue weighted by Crippen LogP contribution is -2.32. The zero-order valence-electron chi connectivity index (χ0n) is 21.8. The van der Waals surface area contributed by atoms with Crippen LogP contribution in [0.1, 0.15) is 50.4 Å². The van der Waals surface area contributed by atoms with Gasteiger partial charge in [0.25, 0.3) is 0 Å². The zero-order chi connectivity index (χ0) is 26.8. The number of nitrogens with zero attached hydrogens (tertiary/aromatic N) is 2. The van der Waals surface area contributed by atoms with Crippen molar-refractivity contribution < 1.29 is 23.9 Å². The first-order valence-corrected chi connectivity index (χ1v) is 13.2. The van der Waals surface area contributed by atoms with Crippen molar-refractivity contribution in [2.75, 3.05) is 11.5 Å². The Balaban J connectivity index is 1.29. The van der Waals surface area contributed by atoms with Crippen LogP contribution in [0, 0.1) is 29.1 Å². The fourth-order valence-corrected chi connectivity index (χ4v) is 6.36. The number of hydrogen-bond donors (Lipinski definition) is 0. The second-order valence-electron chi connectivity index (χ2n) is 11.8. The number of esters is 1. The summed E-state index contributed by atoms with van der Waals surface area (Å²) in [6, 6.07) is 16.1. The summed E-state index contributed by atoms with van der Waals surface area (Å²) in [6.45, 7) is 5.05. The average molecular weight is 511 g/mol. The molecule has 0 spiro atoms. The lowest BCUT2D eigenvalue weighted by molar-refractivity contribution is -0.129. The smallest absolute Gasteiger partial charge is 0.339 e. The molecule has 7 nitrogen and oxygen atoms in total. The molecule has 3 aromatic rings. The van der Waals surface area contributed by atoms with Crippen LogP contribution in [-0.2, 0) is 19.1 Å². The molecule has 2 saturated carbocycles. The Bertz CT molecular complexity index is 1460. The maximum atomic E-state index is 13.2. The number of ether oxygens (including phenoxy) is 1. The van der Waals surface area contributed by atoms with Gasteiger partial charge in [-0.3, -0.25) is 19.3 Å². The topological polar surface area (TPSA) is 93.6 Å². The molecule has 2 aliphatic carbocycles. The number of carbonyl (C=O) groups is 4. The van der Waals surface area contributed by atoms with Crippen LogP contribution >= 0.6 is 0 Å². The first kappa shape index (κ1) is 24.5. The molecule has 2 aromatic carbocycles. The molecule has 3 aliphatic rings. The molecular weight excluding hydrogens is 480 g/mol. The van der Waals surface area contributed by atoms with Gasteiger partial charge in [-0.15, -0.1) is 0 Å². The van der Waals surface area contributed by atoms with Crippen molar-refractivity contribution in [3.8, 4) is 11.3 Å². The minimum absolute atomic E-state index is 0.0707. The lowest BCUT2D eigenvalue weighted by atomic mass is 9.81. The highest BCUT2D eigenvalue weighted by atomic mass is 16.5. The Morgan fingerprint density at radius 2 is 1.58 bits per heavy atom. The van der Waals surface area contributed by atoms with Crippen LogP contribution < -0.4 is 4.90 Å². The van der Waals surface area contributed by atoms with E-state index in [0.29, 0.717) is 39.7 Å². The van der Waals surface area contributed by atoms with Crippen molar-refractivity contribution in [2.45, 2.75) is 40.0 Å². The predicted octanol–water partition coefficient (Wildman–Crippen LogP) is 5.21. The van der Waals surface area contributed by atoms with Crippen molar-refractivity contribution in [1.29, 1.82) is 0 Å². The summed E-state index contributed by atoms with van der Waals surface area (Å²) < 4.78 is 5.39. The molecule has 6 rings (SSSR count). The summed E-state index contributed by atoms with van der Waals surface area (Å²) in [5, 5.41) is 0.635. The van der Waals surface area contributed by atoms with Crippen LogP contribution in [0.15, 0.2) is 54.6 Å². The summed E-state index contributed by atoms with van der Waals surface area (Å²) >= 11 is 0. The molecule has 7 heteroatoms. The van der Waals surface area contributed by atoms with Gasteiger partial charge in [0.05, 0.1) is 34.3 Å². The normalized spacial score (nSPS) is 24.2. The maximum absolute atomic E-state index is 13.2. The van der Waals surface area contributed by atoms with Gasteiger partial charge in [-0.1, -0.05) is 51.1 Å². The van der Waals surface area contributed by atoms with Crippen molar-refractivity contribution in [1.82, 2.24) is 4.98 Å². The minimum Gasteiger partial charge on any atom is -0.454 e. The van der Waals surface area contributed by atoms with E-state index in [1.165, 1.54) is 4.90 Å². The van der Waals surface area contributed by atoms with E-state index in [0.717, 1.165) is 24.8 Å². The molecule has 2 amide bonds. The Morgan fingerprint density at radius 1 is 0.947 bits per heavy atom. The van der Waals surface area contributed by atoms with E-state index in [1.807, 2.05) is 30.3 Å². The highest BCUT2D eigenvalue weighted by Gasteiger charge is 2.61. The number of imide groups is 1. The van der Waals surface area contributed by atoms with E-state index in [2.05, 4.69) is 0 Å². The average Bonchev–Trinajstić information content (AvgIpc) is 3.59. The number of benzene rings is 2. The Labute approximate surface area is 221 Å². The fraction of sp³-hybridized carbons (Fsp3) is 0.387. The Hall–Kier alpha value is -3.87. The molecule has 0 N–H and O–H groups in total. The molecule has 2 heterocycles. The van der Waals surface area contributed by atoms with Gasteiger partial charge >= 0.3 is 5.97 Å². The quantitative estimate of drug-likeness (QED) is 0.346. The van der Waals surface area contributed by atoms with Crippen LogP contribution in [0.3, 0.4) is 0 Å². The highest BCUT2D eigenvalue weighted by molar-refractivity contribution is 6.22. The van der Waals surface area contributed by atoms with Gasteiger partial charge in [0.2, 0.25) is 11.8 Å². The molecule has 1 aromatic heterocycles. The number of pyridine rings is 1. The van der Waals surface area contributed by atoms with Crippen molar-refractivity contribution in [2.24, 2.45) is 29.1 Å². The first-order chi connectivity index (χ1) is 18.1. The van der Waals surface area contributed by atoms with Crippen molar-refractivity contribution in [3.63, 3.8) is 0 Å². The number of rotatable bonds is 5. The first-order valence-electron chi connectivity index (χ1n) is 13.2. The van der Waals surface area contributed by atoms with Gasteiger partial charge in [-0.05, 0) is 55.4 Å². The van der Waals surface area contributed by atoms with E-state index in [-0.39, 0.29) is 36.0 Å². The molecule has 4 atom stereocenters. The zero-order valence-corrected chi connectivity index (χ0v) is 21.8.